The predicted octanol–water partition coefficient (Wildman–Crippen LogP) is 6.61. The van der Waals surface area contributed by atoms with Crippen molar-refractivity contribution in [3.8, 4) is 5.75 Å². The molecule has 0 bridgehead atoms. The molecular formula is C33H42F3NO5. The van der Waals surface area contributed by atoms with E-state index in [9.17, 15) is 9.18 Å². The highest BCUT2D eigenvalue weighted by Gasteiger charge is 2.43. The molecule has 4 rings (SSSR count). The van der Waals surface area contributed by atoms with Crippen LogP contribution in [0.2, 0.25) is 0 Å². The molecule has 1 aliphatic heterocycles. The molecule has 0 radical (unpaired) electrons. The first-order chi connectivity index (χ1) is 19.7. The number of benzene rings is 2. The third-order valence-corrected chi connectivity index (χ3v) is 7.23. The van der Waals surface area contributed by atoms with E-state index in [0.717, 1.165) is 22.3 Å². The third-order valence-electron chi connectivity index (χ3n) is 7.23. The van der Waals surface area contributed by atoms with E-state index >= 15 is 8.78 Å². The monoisotopic (exact) mass is 589 g/mol. The van der Waals surface area contributed by atoms with Crippen LogP contribution in [0.1, 0.15) is 70.7 Å². The molecule has 0 spiro atoms. The number of halogens is 3. The molecule has 9 heteroatoms. The van der Waals surface area contributed by atoms with Crippen molar-refractivity contribution < 1.29 is 36.9 Å². The number of nitrogens with zero attached hydrogens (tertiary/aromatic N) is 1. The lowest BCUT2D eigenvalue weighted by Gasteiger charge is -2.44. The van der Waals surface area contributed by atoms with Gasteiger partial charge in [-0.15, -0.1) is 0 Å². The fourth-order valence-corrected chi connectivity index (χ4v) is 5.72. The van der Waals surface area contributed by atoms with Crippen molar-refractivity contribution in [1.29, 1.82) is 0 Å². The van der Waals surface area contributed by atoms with E-state index in [1.165, 1.54) is 26.0 Å². The normalized spacial score (nSPS) is 19.1. The molecule has 0 unspecified atom stereocenters. The van der Waals surface area contributed by atoms with Crippen LogP contribution in [0.25, 0.3) is 5.57 Å². The second-order valence-corrected chi connectivity index (χ2v) is 12.6. The summed E-state index contributed by atoms with van der Waals surface area (Å²) in [4.78, 5) is 13.5. The van der Waals surface area contributed by atoms with Gasteiger partial charge in [0.25, 0.3) is 0 Å². The Morgan fingerprint density at radius 1 is 0.976 bits per heavy atom. The van der Waals surface area contributed by atoms with E-state index in [0.29, 0.717) is 12.8 Å². The summed E-state index contributed by atoms with van der Waals surface area (Å²) in [7, 11) is 0. The summed E-state index contributed by atoms with van der Waals surface area (Å²) >= 11 is 0. The number of fused-ring (bicyclic) bond motifs is 2. The number of hydrogen-bond donors (Lipinski definition) is 0. The molecule has 1 aliphatic carbocycles. The van der Waals surface area contributed by atoms with Crippen molar-refractivity contribution in [2.75, 3.05) is 39.6 Å². The molecule has 0 aromatic heterocycles. The van der Waals surface area contributed by atoms with Gasteiger partial charge in [-0.3, -0.25) is 4.90 Å². The van der Waals surface area contributed by atoms with Crippen molar-refractivity contribution >= 4 is 11.5 Å². The van der Waals surface area contributed by atoms with Gasteiger partial charge in [-0.2, -0.15) is 0 Å². The van der Waals surface area contributed by atoms with E-state index in [2.05, 4.69) is 6.07 Å². The summed E-state index contributed by atoms with van der Waals surface area (Å²) in [6.07, 6.45) is 1.26. The molecule has 0 N–H and O–H groups in total. The Kier molecular flexibility index (Phi) is 10.1. The molecule has 0 fully saturated rings. The molecule has 42 heavy (non-hydrogen) atoms. The van der Waals surface area contributed by atoms with Crippen LogP contribution in [0, 0.1) is 11.6 Å². The Morgan fingerprint density at radius 2 is 1.62 bits per heavy atom. The van der Waals surface area contributed by atoms with Gasteiger partial charge in [-0.25, -0.2) is 18.0 Å². The maximum Gasteiger partial charge on any atom is 0.332 e. The molecule has 230 valence electrons. The maximum absolute atomic E-state index is 15.7. The second kappa shape index (κ2) is 13.2. The predicted molar refractivity (Wildman–Crippen MR) is 155 cm³/mol. The fraction of sp³-hybridized carbons (Fsp3) is 0.545. The molecule has 2 aliphatic rings. The van der Waals surface area contributed by atoms with Crippen LogP contribution in [0.5, 0.6) is 5.75 Å². The Balaban J connectivity index is 1.40. The average molecular weight is 590 g/mol. The third kappa shape index (κ3) is 8.14. The number of esters is 1. The van der Waals surface area contributed by atoms with Crippen LogP contribution in [-0.4, -0.2) is 67.8 Å². The van der Waals surface area contributed by atoms with Crippen LogP contribution in [0.3, 0.4) is 0 Å². The van der Waals surface area contributed by atoms with E-state index in [-0.39, 0.29) is 56.9 Å². The summed E-state index contributed by atoms with van der Waals surface area (Å²) in [5.74, 6) is -1.87. The highest BCUT2D eigenvalue weighted by atomic mass is 19.1. The Labute approximate surface area is 246 Å². The molecular weight excluding hydrogens is 547 g/mol. The first kappa shape index (κ1) is 32.0. The second-order valence-electron chi connectivity index (χ2n) is 12.6. The number of rotatable bonds is 12. The van der Waals surface area contributed by atoms with Crippen LogP contribution >= 0.6 is 0 Å². The highest BCUT2D eigenvalue weighted by molar-refractivity contribution is 5.79. The zero-order valence-electron chi connectivity index (χ0n) is 25.4. The largest absolute Gasteiger partial charge is 0.491 e. The minimum atomic E-state index is -1.55. The van der Waals surface area contributed by atoms with Crippen molar-refractivity contribution in [2.24, 2.45) is 0 Å². The van der Waals surface area contributed by atoms with Crippen molar-refractivity contribution in [2.45, 2.75) is 77.7 Å². The lowest BCUT2D eigenvalue weighted by molar-refractivity contribution is -0.160. The van der Waals surface area contributed by atoms with Crippen LogP contribution in [0.4, 0.5) is 13.2 Å². The molecule has 2 atom stereocenters. The van der Waals surface area contributed by atoms with Crippen molar-refractivity contribution in [3.05, 3.63) is 70.3 Å². The van der Waals surface area contributed by atoms with Gasteiger partial charge in [0.2, 0.25) is 0 Å². The Morgan fingerprint density at radius 3 is 2.29 bits per heavy atom. The van der Waals surface area contributed by atoms with Crippen molar-refractivity contribution in [1.82, 2.24) is 4.90 Å². The van der Waals surface area contributed by atoms with Crippen LogP contribution < -0.4 is 4.74 Å². The minimum absolute atomic E-state index is 0.0436. The quantitative estimate of drug-likeness (QED) is 0.205. The van der Waals surface area contributed by atoms with Gasteiger partial charge in [0.05, 0.1) is 25.9 Å². The molecule has 0 saturated carbocycles. The molecule has 2 aromatic rings. The van der Waals surface area contributed by atoms with E-state index in [1.54, 1.807) is 20.8 Å². The highest BCUT2D eigenvalue weighted by Crippen LogP contribution is 2.50. The average Bonchev–Trinajstić information content (AvgIpc) is 3.23. The lowest BCUT2D eigenvalue weighted by atomic mass is 9.84. The van der Waals surface area contributed by atoms with Gasteiger partial charge < -0.3 is 18.9 Å². The van der Waals surface area contributed by atoms with Gasteiger partial charge in [0, 0.05) is 30.3 Å². The molecule has 2 aromatic carbocycles. The number of carbonyl (C=O) groups is 1. The van der Waals surface area contributed by atoms with Gasteiger partial charge in [0.1, 0.15) is 41.9 Å². The lowest BCUT2D eigenvalue weighted by Crippen LogP contribution is -2.47. The van der Waals surface area contributed by atoms with E-state index < -0.39 is 34.9 Å². The minimum Gasteiger partial charge on any atom is -0.491 e. The van der Waals surface area contributed by atoms with Gasteiger partial charge in [0.15, 0.2) is 0 Å². The van der Waals surface area contributed by atoms with Gasteiger partial charge >= 0.3 is 5.97 Å². The Hall–Kier alpha value is -2.88. The van der Waals surface area contributed by atoms with Gasteiger partial charge in [-0.05, 0) is 76.7 Å². The molecule has 1 heterocycles. The van der Waals surface area contributed by atoms with Crippen molar-refractivity contribution in [3.63, 3.8) is 0 Å². The summed E-state index contributed by atoms with van der Waals surface area (Å²) in [6, 6.07) is 9.54. The summed E-state index contributed by atoms with van der Waals surface area (Å²) in [5.41, 5.74) is 2.04. The topological polar surface area (TPSA) is 57.2 Å². The van der Waals surface area contributed by atoms with E-state index in [1.807, 2.05) is 30.0 Å². The standard InChI is InChI=1S/C33H42F3NO5/c1-21-15-25-24-10-8-7-9-22(24)16-26(25)31(37(21)20-33(5,6)36)30-27(34)17-23(18-28(30)35)41-14-13-39-11-12-40-19-29(38)42-32(2,3)4/h7-10,17-18,21,31H,11-16,19-20H2,1-6H3/t21-,31+/m1/s1. The summed E-state index contributed by atoms with van der Waals surface area (Å²) in [6.45, 7) is 10.8. The number of alkyl halides is 1. The van der Waals surface area contributed by atoms with Gasteiger partial charge in [-0.1, -0.05) is 24.3 Å². The fourth-order valence-electron chi connectivity index (χ4n) is 5.72. The smallest absolute Gasteiger partial charge is 0.332 e. The molecule has 0 amide bonds. The van der Waals surface area contributed by atoms with E-state index in [4.69, 9.17) is 18.9 Å². The number of ether oxygens (including phenoxy) is 4. The summed E-state index contributed by atoms with van der Waals surface area (Å²) < 4.78 is 67.9. The first-order valence-corrected chi connectivity index (χ1v) is 14.5. The molecule has 6 nitrogen and oxygen atoms in total. The number of hydrogen-bond acceptors (Lipinski definition) is 6. The zero-order chi connectivity index (χ0) is 30.7. The van der Waals surface area contributed by atoms with Crippen LogP contribution in [0.15, 0.2) is 42.0 Å². The maximum atomic E-state index is 15.7. The zero-order valence-corrected chi connectivity index (χ0v) is 25.4. The molecule has 0 saturated heterocycles. The van der Waals surface area contributed by atoms with Crippen LogP contribution in [-0.2, 0) is 25.4 Å². The summed E-state index contributed by atoms with van der Waals surface area (Å²) in [5, 5.41) is 0. The first-order valence-electron chi connectivity index (χ1n) is 14.5. The Bertz CT molecular complexity index is 1270. The number of carbonyl (C=O) groups excluding carboxylic acids is 1. The SMILES string of the molecule is C[C@@H]1CC2=C(Cc3ccccc32)[C@@H](c2c(F)cc(OCCOCCOCC(=O)OC(C)(C)C)cc2F)N1CC(C)(C)F.